The summed E-state index contributed by atoms with van der Waals surface area (Å²) in [6.45, 7) is 10.5. The highest BCUT2D eigenvalue weighted by molar-refractivity contribution is 5.95. The van der Waals surface area contributed by atoms with Gasteiger partial charge in [-0.05, 0) is 57.5 Å². The van der Waals surface area contributed by atoms with Gasteiger partial charge in [-0.25, -0.2) is 9.78 Å². The van der Waals surface area contributed by atoms with Crippen molar-refractivity contribution in [3.05, 3.63) is 48.5 Å². The topological polar surface area (TPSA) is 78.4 Å². The van der Waals surface area contributed by atoms with Gasteiger partial charge in [0.25, 0.3) is 0 Å². The van der Waals surface area contributed by atoms with Gasteiger partial charge in [0.1, 0.15) is 11.4 Å². The molecule has 0 bridgehead atoms. The van der Waals surface area contributed by atoms with Crippen LogP contribution in [-0.2, 0) is 4.74 Å². The minimum Gasteiger partial charge on any atom is -0.497 e. The number of aromatic nitrogens is 1. The molecule has 5 rings (SSSR count). The minimum absolute atomic E-state index is 0.216. The Labute approximate surface area is 224 Å². The van der Waals surface area contributed by atoms with Gasteiger partial charge in [-0.15, -0.1) is 0 Å². The molecule has 0 spiro atoms. The number of hydrogen-bond donors (Lipinski definition) is 1. The number of aliphatic hydroxyl groups is 1. The SMILES string of the molecule is COc1ccc2c(N3CCC(CO)C3)cc(-c3ccc(N4CCN(C(=O)OC(C)(C)C)CC4)cc3)nc2c1. The van der Waals surface area contributed by atoms with Crippen LogP contribution < -0.4 is 14.5 Å². The third kappa shape index (κ3) is 5.65. The molecule has 3 aromatic rings. The van der Waals surface area contributed by atoms with Crippen molar-refractivity contribution in [2.75, 3.05) is 62.8 Å². The zero-order valence-corrected chi connectivity index (χ0v) is 22.8. The maximum Gasteiger partial charge on any atom is 0.410 e. The molecule has 2 aliphatic rings. The molecule has 1 amide bonds. The number of amides is 1. The average molecular weight is 519 g/mol. The van der Waals surface area contributed by atoms with Gasteiger partial charge in [-0.2, -0.15) is 0 Å². The summed E-state index contributed by atoms with van der Waals surface area (Å²) in [6.07, 6.45) is 0.743. The predicted molar refractivity (Wildman–Crippen MR) is 151 cm³/mol. The van der Waals surface area contributed by atoms with E-state index in [1.807, 2.05) is 32.9 Å². The van der Waals surface area contributed by atoms with E-state index in [0.717, 1.165) is 71.9 Å². The van der Waals surface area contributed by atoms with E-state index >= 15 is 0 Å². The molecule has 0 radical (unpaired) electrons. The smallest absolute Gasteiger partial charge is 0.410 e. The molecular formula is C30H38N4O4. The number of methoxy groups -OCH3 is 1. The monoisotopic (exact) mass is 518 g/mol. The maximum absolute atomic E-state index is 12.4. The van der Waals surface area contributed by atoms with Gasteiger partial charge in [0.05, 0.1) is 18.3 Å². The molecular weight excluding hydrogens is 480 g/mol. The Hall–Kier alpha value is -3.52. The first kappa shape index (κ1) is 26.1. The Kier molecular flexibility index (Phi) is 7.34. The molecule has 3 heterocycles. The minimum atomic E-state index is -0.485. The summed E-state index contributed by atoms with van der Waals surface area (Å²) in [5.41, 5.74) is 4.64. The zero-order valence-electron chi connectivity index (χ0n) is 22.8. The molecule has 0 saturated carbocycles. The van der Waals surface area contributed by atoms with Crippen LogP contribution in [0.3, 0.4) is 0 Å². The highest BCUT2D eigenvalue weighted by Crippen LogP contribution is 2.36. The number of ether oxygens (including phenoxy) is 2. The van der Waals surface area contributed by atoms with Crippen molar-refractivity contribution in [3.63, 3.8) is 0 Å². The van der Waals surface area contributed by atoms with Crippen molar-refractivity contribution in [2.45, 2.75) is 32.8 Å². The summed E-state index contributed by atoms with van der Waals surface area (Å²) in [7, 11) is 1.67. The van der Waals surface area contributed by atoms with E-state index in [4.69, 9.17) is 14.5 Å². The van der Waals surface area contributed by atoms with E-state index in [9.17, 15) is 9.90 Å². The van der Waals surface area contributed by atoms with Crippen molar-refractivity contribution < 1.29 is 19.4 Å². The first-order valence-electron chi connectivity index (χ1n) is 13.4. The largest absolute Gasteiger partial charge is 0.497 e. The van der Waals surface area contributed by atoms with Gasteiger partial charge in [0.15, 0.2) is 0 Å². The number of hydrogen-bond acceptors (Lipinski definition) is 7. The second-order valence-corrected chi connectivity index (χ2v) is 11.2. The van der Waals surface area contributed by atoms with Gasteiger partial charge in [0, 0.05) is 80.2 Å². The molecule has 8 nitrogen and oxygen atoms in total. The summed E-state index contributed by atoms with van der Waals surface area (Å²) in [4.78, 5) is 23.8. The zero-order chi connectivity index (χ0) is 26.9. The standard InChI is InChI=1S/C30H38N4O4/c1-30(2,3)38-29(36)33-15-13-32(14-16-33)23-7-5-22(6-8-23)26-18-28(34-12-11-21(19-34)20-35)25-10-9-24(37-4)17-27(25)31-26/h5-10,17-18,21,35H,11-16,19-20H2,1-4H3. The molecule has 202 valence electrons. The fourth-order valence-electron chi connectivity index (χ4n) is 5.24. The van der Waals surface area contributed by atoms with Gasteiger partial charge in [-0.1, -0.05) is 12.1 Å². The van der Waals surface area contributed by atoms with Crippen LogP contribution in [0.25, 0.3) is 22.2 Å². The van der Waals surface area contributed by atoms with Crippen LogP contribution in [0.5, 0.6) is 5.75 Å². The Morgan fingerprint density at radius 3 is 2.37 bits per heavy atom. The number of carbonyl (C=O) groups excluding carboxylic acids is 1. The van der Waals surface area contributed by atoms with E-state index in [2.05, 4.69) is 46.2 Å². The van der Waals surface area contributed by atoms with Gasteiger partial charge >= 0.3 is 6.09 Å². The summed E-state index contributed by atoms with van der Waals surface area (Å²) in [6, 6.07) is 16.7. The van der Waals surface area contributed by atoms with Crippen LogP contribution >= 0.6 is 0 Å². The number of piperazine rings is 1. The summed E-state index contributed by atoms with van der Waals surface area (Å²) in [5.74, 6) is 1.08. The highest BCUT2D eigenvalue weighted by Gasteiger charge is 2.27. The van der Waals surface area contributed by atoms with Gasteiger partial charge in [-0.3, -0.25) is 0 Å². The first-order valence-corrected chi connectivity index (χ1v) is 13.4. The molecule has 2 aromatic carbocycles. The summed E-state index contributed by atoms with van der Waals surface area (Å²) < 4.78 is 11.0. The van der Waals surface area contributed by atoms with Crippen LogP contribution in [0.15, 0.2) is 48.5 Å². The number of aliphatic hydroxyl groups excluding tert-OH is 1. The fourth-order valence-corrected chi connectivity index (χ4v) is 5.24. The Bertz CT molecular complexity index is 1280. The molecule has 0 aliphatic carbocycles. The second kappa shape index (κ2) is 10.7. The van der Waals surface area contributed by atoms with E-state index in [-0.39, 0.29) is 12.7 Å². The number of rotatable bonds is 5. The molecule has 2 aliphatic heterocycles. The lowest BCUT2D eigenvalue weighted by atomic mass is 10.1. The van der Waals surface area contributed by atoms with E-state index in [1.165, 1.54) is 0 Å². The molecule has 1 atom stereocenters. The molecule has 1 unspecified atom stereocenters. The van der Waals surface area contributed by atoms with Crippen molar-refractivity contribution in [3.8, 4) is 17.0 Å². The summed E-state index contributed by atoms with van der Waals surface area (Å²) in [5, 5.41) is 10.8. The van der Waals surface area contributed by atoms with Gasteiger partial charge in [0.2, 0.25) is 0 Å². The fraction of sp³-hybridized carbons (Fsp3) is 0.467. The van der Waals surface area contributed by atoms with E-state index in [1.54, 1.807) is 12.0 Å². The maximum atomic E-state index is 12.4. The van der Waals surface area contributed by atoms with Crippen LogP contribution in [0, 0.1) is 5.92 Å². The Balaban J connectivity index is 1.36. The van der Waals surface area contributed by atoms with Crippen molar-refractivity contribution in [1.29, 1.82) is 0 Å². The molecule has 1 N–H and O–H groups in total. The van der Waals surface area contributed by atoms with Gasteiger partial charge < -0.3 is 29.3 Å². The third-order valence-electron chi connectivity index (χ3n) is 7.34. The highest BCUT2D eigenvalue weighted by atomic mass is 16.6. The normalized spacial score (nSPS) is 18.2. The van der Waals surface area contributed by atoms with Crippen molar-refractivity contribution in [2.24, 2.45) is 5.92 Å². The van der Waals surface area contributed by atoms with Crippen LogP contribution in [0.4, 0.5) is 16.2 Å². The lowest BCUT2D eigenvalue weighted by Crippen LogP contribution is -2.50. The molecule has 2 fully saturated rings. The van der Waals surface area contributed by atoms with Crippen molar-refractivity contribution in [1.82, 2.24) is 9.88 Å². The average Bonchev–Trinajstić information content (AvgIpc) is 3.40. The van der Waals surface area contributed by atoms with Crippen LogP contribution in [-0.4, -0.2) is 79.7 Å². The third-order valence-corrected chi connectivity index (χ3v) is 7.34. The molecule has 38 heavy (non-hydrogen) atoms. The second-order valence-electron chi connectivity index (χ2n) is 11.2. The van der Waals surface area contributed by atoms with Crippen molar-refractivity contribution >= 4 is 28.4 Å². The predicted octanol–water partition coefficient (Wildman–Crippen LogP) is 4.79. The van der Waals surface area contributed by atoms with Crippen LogP contribution in [0.2, 0.25) is 0 Å². The van der Waals surface area contributed by atoms with E-state index in [0.29, 0.717) is 19.0 Å². The molecule has 8 heteroatoms. The quantitative estimate of drug-likeness (QED) is 0.521. The summed E-state index contributed by atoms with van der Waals surface area (Å²) >= 11 is 0. The number of fused-ring (bicyclic) bond motifs is 1. The Morgan fingerprint density at radius 2 is 1.74 bits per heavy atom. The number of nitrogens with zero attached hydrogens (tertiary/aromatic N) is 4. The lowest BCUT2D eigenvalue weighted by Gasteiger charge is -2.36. The van der Waals surface area contributed by atoms with Crippen LogP contribution in [0.1, 0.15) is 27.2 Å². The number of carbonyl (C=O) groups is 1. The van der Waals surface area contributed by atoms with E-state index < -0.39 is 5.60 Å². The molecule has 1 aromatic heterocycles. The lowest BCUT2D eigenvalue weighted by molar-refractivity contribution is 0.0240. The molecule has 2 saturated heterocycles. The number of benzene rings is 2. The Morgan fingerprint density at radius 1 is 1.00 bits per heavy atom. The first-order chi connectivity index (χ1) is 18.2. The number of pyridine rings is 1. The number of anilines is 2.